The van der Waals surface area contributed by atoms with E-state index in [0.29, 0.717) is 21.8 Å². The number of carboxylic acid groups (broad SMARTS) is 1. The average molecular weight is 403 g/mol. The van der Waals surface area contributed by atoms with Crippen molar-refractivity contribution in [3.05, 3.63) is 64.8 Å². The van der Waals surface area contributed by atoms with Crippen molar-refractivity contribution in [2.24, 2.45) is 0 Å². The minimum absolute atomic E-state index is 0.199. The highest BCUT2D eigenvalue weighted by molar-refractivity contribution is 7.17. The minimum Gasteiger partial charge on any atom is -0.477 e. The van der Waals surface area contributed by atoms with Gasteiger partial charge in [0, 0.05) is 11.8 Å². The van der Waals surface area contributed by atoms with E-state index in [1.165, 1.54) is 18.2 Å². The topological polar surface area (TPSA) is 67.5 Å². The molecular weight excluding hydrogens is 391 g/mol. The van der Waals surface area contributed by atoms with E-state index in [0.717, 1.165) is 17.4 Å². The van der Waals surface area contributed by atoms with Crippen molar-refractivity contribution >= 4 is 22.8 Å². The summed E-state index contributed by atoms with van der Waals surface area (Å²) in [5.74, 6) is -1.33. The van der Waals surface area contributed by atoms with Crippen molar-refractivity contribution in [1.29, 1.82) is 0 Å². The van der Waals surface area contributed by atoms with Crippen LogP contribution in [0.1, 0.15) is 20.9 Å². The van der Waals surface area contributed by atoms with Gasteiger partial charge in [-0.05, 0) is 25.1 Å². The fourth-order valence-electron chi connectivity index (χ4n) is 3.07. The van der Waals surface area contributed by atoms with Crippen molar-refractivity contribution in [2.75, 3.05) is 0 Å². The van der Waals surface area contributed by atoms with Gasteiger partial charge in [-0.3, -0.25) is 0 Å². The fraction of sp³-hybridized carbons (Fsp3) is 0.105. The number of aromatic nitrogens is 3. The zero-order valence-corrected chi connectivity index (χ0v) is 15.2. The molecule has 0 amide bonds. The van der Waals surface area contributed by atoms with Crippen LogP contribution < -0.4 is 0 Å². The molecule has 5 nitrogen and oxygen atoms in total. The van der Waals surface area contributed by atoms with Crippen LogP contribution in [0.4, 0.5) is 13.2 Å². The summed E-state index contributed by atoms with van der Waals surface area (Å²) in [5.41, 5.74) is 0.516. The molecule has 0 saturated heterocycles. The molecule has 0 aliphatic heterocycles. The summed E-state index contributed by atoms with van der Waals surface area (Å²) in [4.78, 5) is 15.8. The van der Waals surface area contributed by atoms with Gasteiger partial charge in [-0.1, -0.05) is 24.3 Å². The van der Waals surface area contributed by atoms with Crippen LogP contribution in [0.5, 0.6) is 0 Å². The van der Waals surface area contributed by atoms with Crippen LogP contribution in [0.3, 0.4) is 0 Å². The number of carbonyl (C=O) groups is 1. The third kappa shape index (κ3) is 2.93. The Labute approximate surface area is 160 Å². The lowest BCUT2D eigenvalue weighted by Gasteiger charge is -2.11. The highest BCUT2D eigenvalue weighted by Crippen LogP contribution is 2.42. The Kier molecular flexibility index (Phi) is 4.19. The van der Waals surface area contributed by atoms with Gasteiger partial charge in [0.25, 0.3) is 0 Å². The van der Waals surface area contributed by atoms with Crippen molar-refractivity contribution in [1.82, 2.24) is 14.6 Å². The van der Waals surface area contributed by atoms with Crippen LogP contribution in [0.25, 0.3) is 27.3 Å². The predicted octanol–water partition coefficient (Wildman–Crippen LogP) is 5.15. The monoisotopic (exact) mass is 403 g/mol. The second-order valence-corrected chi connectivity index (χ2v) is 7.04. The zero-order chi connectivity index (χ0) is 20.1. The van der Waals surface area contributed by atoms with Crippen LogP contribution in [0.15, 0.2) is 48.7 Å². The lowest BCUT2D eigenvalue weighted by molar-refractivity contribution is -0.137. The van der Waals surface area contributed by atoms with Crippen LogP contribution in [0.2, 0.25) is 0 Å². The van der Waals surface area contributed by atoms with Gasteiger partial charge in [-0.2, -0.15) is 18.3 Å². The smallest absolute Gasteiger partial charge is 0.417 e. The number of nitrogens with zero attached hydrogens (tertiary/aromatic N) is 3. The summed E-state index contributed by atoms with van der Waals surface area (Å²) in [7, 11) is 0. The number of alkyl halides is 3. The van der Waals surface area contributed by atoms with Gasteiger partial charge in [-0.15, -0.1) is 11.3 Å². The zero-order valence-electron chi connectivity index (χ0n) is 14.4. The summed E-state index contributed by atoms with van der Waals surface area (Å²) >= 11 is 0.837. The number of hydrogen-bond donors (Lipinski definition) is 1. The van der Waals surface area contributed by atoms with Crippen LogP contribution in [-0.2, 0) is 6.18 Å². The molecule has 3 heterocycles. The molecule has 9 heteroatoms. The first-order valence-electron chi connectivity index (χ1n) is 8.12. The second kappa shape index (κ2) is 6.45. The summed E-state index contributed by atoms with van der Waals surface area (Å²) in [6, 6.07) is 10.2. The molecule has 0 radical (unpaired) electrons. The average Bonchev–Trinajstić information content (AvgIpc) is 3.21. The number of carboxylic acids is 1. The molecule has 0 bridgehead atoms. The summed E-state index contributed by atoms with van der Waals surface area (Å²) in [6.07, 6.45) is -2.89. The molecule has 0 atom stereocenters. The standard InChI is InChI=1S/C19H12F3N3O2S/c1-10-14(13-8-4-5-9-25(13)24-10)17-23-15(16(28-17)18(26)27)11-6-2-3-7-12(11)19(20,21)22/h2-9H,1H3,(H,26,27). The molecule has 0 aliphatic rings. The molecule has 1 aromatic carbocycles. The Morgan fingerprint density at radius 3 is 2.57 bits per heavy atom. The van der Waals surface area contributed by atoms with Crippen molar-refractivity contribution < 1.29 is 23.1 Å². The van der Waals surface area contributed by atoms with Gasteiger partial charge in [-0.25, -0.2) is 14.3 Å². The normalized spacial score (nSPS) is 11.9. The first kappa shape index (κ1) is 18.2. The molecule has 0 fully saturated rings. The second-order valence-electron chi connectivity index (χ2n) is 6.04. The number of halogens is 3. The van der Waals surface area contributed by atoms with Crippen LogP contribution in [0, 0.1) is 6.92 Å². The van der Waals surface area contributed by atoms with Gasteiger partial charge in [0.15, 0.2) is 0 Å². The molecule has 0 saturated carbocycles. The largest absolute Gasteiger partial charge is 0.477 e. The molecule has 4 rings (SSSR count). The number of thiazole rings is 1. The summed E-state index contributed by atoms with van der Waals surface area (Å²) in [6.45, 7) is 1.74. The highest BCUT2D eigenvalue weighted by atomic mass is 32.1. The number of aryl methyl sites for hydroxylation is 1. The van der Waals surface area contributed by atoms with Gasteiger partial charge in [0.1, 0.15) is 9.88 Å². The first-order chi connectivity index (χ1) is 13.3. The number of aromatic carboxylic acids is 1. The number of hydrogen-bond acceptors (Lipinski definition) is 4. The lowest BCUT2D eigenvalue weighted by Crippen LogP contribution is -2.08. The first-order valence-corrected chi connectivity index (χ1v) is 8.94. The van der Waals surface area contributed by atoms with E-state index < -0.39 is 17.7 Å². The molecule has 0 unspecified atom stereocenters. The van der Waals surface area contributed by atoms with Crippen molar-refractivity contribution in [3.8, 4) is 21.8 Å². The molecule has 0 aliphatic carbocycles. The SMILES string of the molecule is Cc1nn2ccccc2c1-c1nc(-c2ccccc2C(F)(F)F)c(C(=O)O)s1. The molecule has 142 valence electrons. The van der Waals surface area contributed by atoms with Gasteiger partial charge >= 0.3 is 12.1 Å². The van der Waals surface area contributed by atoms with E-state index >= 15 is 0 Å². The minimum atomic E-state index is -4.63. The predicted molar refractivity (Wildman–Crippen MR) is 98.4 cm³/mol. The third-order valence-corrected chi connectivity index (χ3v) is 5.30. The quantitative estimate of drug-likeness (QED) is 0.514. The highest BCUT2D eigenvalue weighted by Gasteiger charge is 2.35. The lowest BCUT2D eigenvalue weighted by atomic mass is 10.0. The van der Waals surface area contributed by atoms with E-state index in [2.05, 4.69) is 10.1 Å². The maximum atomic E-state index is 13.4. The molecule has 4 aromatic rings. The molecular formula is C19H12F3N3O2S. The number of benzene rings is 1. The number of pyridine rings is 1. The number of rotatable bonds is 3. The molecule has 28 heavy (non-hydrogen) atoms. The van der Waals surface area contributed by atoms with E-state index in [-0.39, 0.29) is 16.1 Å². The Morgan fingerprint density at radius 2 is 1.86 bits per heavy atom. The Balaban J connectivity index is 1.99. The van der Waals surface area contributed by atoms with Gasteiger partial charge in [0.05, 0.1) is 28.0 Å². The maximum absolute atomic E-state index is 13.4. The Morgan fingerprint density at radius 1 is 1.14 bits per heavy atom. The molecule has 1 N–H and O–H groups in total. The molecule has 3 aromatic heterocycles. The Bertz CT molecular complexity index is 1210. The maximum Gasteiger partial charge on any atom is 0.417 e. The van der Waals surface area contributed by atoms with Crippen molar-refractivity contribution in [2.45, 2.75) is 13.1 Å². The van der Waals surface area contributed by atoms with E-state index in [1.807, 2.05) is 0 Å². The Hall–Kier alpha value is -3.20. The molecule has 0 spiro atoms. The van der Waals surface area contributed by atoms with Gasteiger partial charge in [0.2, 0.25) is 0 Å². The van der Waals surface area contributed by atoms with Gasteiger partial charge < -0.3 is 5.11 Å². The van der Waals surface area contributed by atoms with Crippen LogP contribution >= 0.6 is 11.3 Å². The third-order valence-electron chi connectivity index (χ3n) is 4.24. The summed E-state index contributed by atoms with van der Waals surface area (Å²) < 4.78 is 41.9. The van der Waals surface area contributed by atoms with E-state index in [1.54, 1.807) is 35.8 Å². The fourth-order valence-corrected chi connectivity index (χ4v) is 4.10. The number of fused-ring (bicyclic) bond motifs is 1. The van der Waals surface area contributed by atoms with Crippen LogP contribution in [-0.4, -0.2) is 25.7 Å². The van der Waals surface area contributed by atoms with E-state index in [4.69, 9.17) is 0 Å². The summed E-state index contributed by atoms with van der Waals surface area (Å²) in [5, 5.41) is 14.2. The van der Waals surface area contributed by atoms with Crippen molar-refractivity contribution in [3.63, 3.8) is 0 Å². The van der Waals surface area contributed by atoms with E-state index in [9.17, 15) is 23.1 Å².